The topological polar surface area (TPSA) is 62.2 Å². The second-order valence-corrected chi connectivity index (χ2v) is 3.71. The summed E-state index contributed by atoms with van der Waals surface area (Å²) < 4.78 is 37.1. The van der Waals surface area contributed by atoms with Gasteiger partial charge in [0.15, 0.2) is 0 Å². The molecule has 0 bridgehead atoms. The number of alkyl halides is 3. The summed E-state index contributed by atoms with van der Waals surface area (Å²) in [7, 11) is 0. The molecule has 0 spiro atoms. The first-order valence-electron chi connectivity index (χ1n) is 5.38. The van der Waals surface area contributed by atoms with Gasteiger partial charge in [-0.25, -0.2) is 4.98 Å². The SMILES string of the molecule is O=C(O)CCCCNc1cc(C(F)(F)F)ccn1. The first kappa shape index (κ1) is 14.3. The number of carboxylic acids is 1. The van der Waals surface area contributed by atoms with Crippen molar-refractivity contribution in [2.45, 2.75) is 25.4 Å². The quantitative estimate of drug-likeness (QED) is 0.774. The van der Waals surface area contributed by atoms with E-state index in [4.69, 9.17) is 5.11 Å². The van der Waals surface area contributed by atoms with Crippen molar-refractivity contribution in [3.63, 3.8) is 0 Å². The predicted molar refractivity (Wildman–Crippen MR) is 59.2 cm³/mol. The fourth-order valence-corrected chi connectivity index (χ4v) is 1.32. The number of hydrogen-bond acceptors (Lipinski definition) is 3. The van der Waals surface area contributed by atoms with Crippen molar-refractivity contribution in [3.8, 4) is 0 Å². The molecule has 1 aromatic rings. The normalized spacial score (nSPS) is 11.3. The van der Waals surface area contributed by atoms with Gasteiger partial charge in [0.2, 0.25) is 0 Å². The van der Waals surface area contributed by atoms with Gasteiger partial charge in [-0.05, 0) is 25.0 Å². The summed E-state index contributed by atoms with van der Waals surface area (Å²) in [5, 5.41) is 11.1. The van der Waals surface area contributed by atoms with Crippen LogP contribution in [0.15, 0.2) is 18.3 Å². The van der Waals surface area contributed by atoms with Gasteiger partial charge >= 0.3 is 12.1 Å². The molecule has 1 heterocycles. The van der Waals surface area contributed by atoms with E-state index in [1.54, 1.807) is 0 Å². The number of hydrogen-bond donors (Lipinski definition) is 2. The number of carbonyl (C=O) groups is 1. The maximum Gasteiger partial charge on any atom is 0.416 e. The largest absolute Gasteiger partial charge is 0.481 e. The summed E-state index contributed by atoms with van der Waals surface area (Å²) in [5.41, 5.74) is -0.759. The zero-order chi connectivity index (χ0) is 13.6. The number of halogens is 3. The second kappa shape index (κ2) is 6.23. The summed E-state index contributed by atoms with van der Waals surface area (Å²) in [6.45, 7) is 0.390. The molecule has 0 atom stereocenters. The van der Waals surface area contributed by atoms with Crippen molar-refractivity contribution in [1.29, 1.82) is 0 Å². The number of aromatic nitrogens is 1. The fraction of sp³-hybridized carbons (Fsp3) is 0.455. The van der Waals surface area contributed by atoms with E-state index < -0.39 is 17.7 Å². The highest BCUT2D eigenvalue weighted by Gasteiger charge is 2.30. The van der Waals surface area contributed by atoms with Crippen LogP contribution in [-0.4, -0.2) is 22.6 Å². The molecule has 0 saturated heterocycles. The molecule has 4 nitrogen and oxygen atoms in total. The Balaban J connectivity index is 2.41. The third kappa shape index (κ3) is 5.03. The molecule has 7 heteroatoms. The third-order valence-corrected chi connectivity index (χ3v) is 2.21. The monoisotopic (exact) mass is 262 g/mol. The lowest BCUT2D eigenvalue weighted by atomic mass is 10.2. The molecule has 0 radical (unpaired) electrons. The Hall–Kier alpha value is -1.79. The molecule has 0 amide bonds. The second-order valence-electron chi connectivity index (χ2n) is 3.71. The van der Waals surface area contributed by atoms with Crippen LogP contribution in [0.5, 0.6) is 0 Å². The van der Waals surface area contributed by atoms with Crippen LogP contribution in [0, 0.1) is 0 Å². The maximum atomic E-state index is 12.4. The Morgan fingerprint density at radius 2 is 2.11 bits per heavy atom. The number of unbranched alkanes of at least 4 members (excludes halogenated alkanes) is 1. The first-order valence-corrected chi connectivity index (χ1v) is 5.38. The summed E-state index contributed by atoms with van der Waals surface area (Å²) in [6, 6.07) is 1.83. The van der Waals surface area contributed by atoms with E-state index in [1.807, 2.05) is 0 Å². The number of rotatable bonds is 6. The van der Waals surface area contributed by atoms with Crippen LogP contribution in [0.3, 0.4) is 0 Å². The Labute approximate surface area is 102 Å². The van der Waals surface area contributed by atoms with E-state index in [-0.39, 0.29) is 12.2 Å². The minimum Gasteiger partial charge on any atom is -0.481 e. The van der Waals surface area contributed by atoms with E-state index in [1.165, 1.54) is 0 Å². The van der Waals surface area contributed by atoms with Crippen LogP contribution >= 0.6 is 0 Å². The van der Waals surface area contributed by atoms with Gasteiger partial charge in [-0.15, -0.1) is 0 Å². The minimum atomic E-state index is -4.39. The van der Waals surface area contributed by atoms with Gasteiger partial charge in [-0.1, -0.05) is 0 Å². The zero-order valence-corrected chi connectivity index (χ0v) is 9.50. The Kier molecular flexibility index (Phi) is 4.94. The van der Waals surface area contributed by atoms with Crippen molar-refractivity contribution in [3.05, 3.63) is 23.9 Å². The molecule has 0 saturated carbocycles. The van der Waals surface area contributed by atoms with Gasteiger partial charge in [-0.3, -0.25) is 4.79 Å². The molecule has 100 valence electrons. The summed E-state index contributed by atoms with van der Waals surface area (Å²) in [6.07, 6.45) is -2.21. The number of pyridine rings is 1. The molecule has 0 aliphatic rings. The highest BCUT2D eigenvalue weighted by molar-refractivity contribution is 5.66. The van der Waals surface area contributed by atoms with Crippen molar-refractivity contribution in [1.82, 2.24) is 4.98 Å². The van der Waals surface area contributed by atoms with E-state index in [0.717, 1.165) is 18.3 Å². The molecule has 0 aromatic carbocycles. The average Bonchev–Trinajstić information content (AvgIpc) is 2.27. The van der Waals surface area contributed by atoms with Crippen LogP contribution in [-0.2, 0) is 11.0 Å². The standard InChI is InChI=1S/C11H13F3N2O2/c12-11(13,14)8-4-6-16-9(7-8)15-5-2-1-3-10(17)18/h4,6-7H,1-3,5H2,(H,15,16)(H,17,18). The molecule has 0 fully saturated rings. The smallest absolute Gasteiger partial charge is 0.416 e. The number of carboxylic acid groups (broad SMARTS) is 1. The lowest BCUT2D eigenvalue weighted by molar-refractivity contribution is -0.138. The third-order valence-electron chi connectivity index (χ3n) is 2.21. The fourth-order valence-electron chi connectivity index (χ4n) is 1.32. The van der Waals surface area contributed by atoms with Gasteiger partial charge < -0.3 is 10.4 Å². The Morgan fingerprint density at radius 3 is 2.72 bits per heavy atom. The number of aliphatic carboxylic acids is 1. The summed E-state index contributed by atoms with van der Waals surface area (Å²) in [5.74, 6) is -0.743. The highest BCUT2D eigenvalue weighted by Crippen LogP contribution is 2.29. The predicted octanol–water partition coefficient (Wildman–Crippen LogP) is 2.77. The Bertz CT molecular complexity index is 408. The van der Waals surface area contributed by atoms with Crippen LogP contribution < -0.4 is 5.32 Å². The first-order chi connectivity index (χ1) is 8.39. The van der Waals surface area contributed by atoms with Crippen LogP contribution in [0.2, 0.25) is 0 Å². The summed E-state index contributed by atoms with van der Waals surface area (Å²) >= 11 is 0. The highest BCUT2D eigenvalue weighted by atomic mass is 19.4. The lowest BCUT2D eigenvalue weighted by Gasteiger charge is -2.09. The van der Waals surface area contributed by atoms with Gasteiger partial charge in [0.1, 0.15) is 5.82 Å². The van der Waals surface area contributed by atoms with E-state index >= 15 is 0 Å². The molecule has 0 aliphatic heterocycles. The summed E-state index contributed by atoms with van der Waals surface area (Å²) in [4.78, 5) is 14.0. The van der Waals surface area contributed by atoms with E-state index in [2.05, 4.69) is 10.3 Å². The molecule has 0 aliphatic carbocycles. The molecule has 1 rings (SSSR count). The molecule has 1 aromatic heterocycles. The average molecular weight is 262 g/mol. The molecular weight excluding hydrogens is 249 g/mol. The minimum absolute atomic E-state index is 0.0533. The van der Waals surface area contributed by atoms with Crippen LogP contribution in [0.1, 0.15) is 24.8 Å². The van der Waals surface area contributed by atoms with Crippen LogP contribution in [0.25, 0.3) is 0 Å². The van der Waals surface area contributed by atoms with Crippen molar-refractivity contribution in [2.75, 3.05) is 11.9 Å². The number of anilines is 1. The molecule has 18 heavy (non-hydrogen) atoms. The van der Waals surface area contributed by atoms with E-state index in [9.17, 15) is 18.0 Å². The van der Waals surface area contributed by atoms with E-state index in [0.29, 0.717) is 19.4 Å². The van der Waals surface area contributed by atoms with Crippen molar-refractivity contribution < 1.29 is 23.1 Å². The lowest BCUT2D eigenvalue weighted by Crippen LogP contribution is -2.08. The molecule has 0 unspecified atom stereocenters. The number of nitrogens with one attached hydrogen (secondary N) is 1. The zero-order valence-electron chi connectivity index (χ0n) is 9.50. The molecular formula is C11H13F3N2O2. The van der Waals surface area contributed by atoms with Crippen molar-refractivity contribution >= 4 is 11.8 Å². The van der Waals surface area contributed by atoms with Gasteiger partial charge in [0.25, 0.3) is 0 Å². The van der Waals surface area contributed by atoms with Crippen LogP contribution in [0.4, 0.5) is 19.0 Å². The molecule has 2 N–H and O–H groups in total. The van der Waals surface area contributed by atoms with Gasteiger partial charge in [0, 0.05) is 19.2 Å². The Morgan fingerprint density at radius 1 is 1.39 bits per heavy atom. The maximum absolute atomic E-state index is 12.4. The van der Waals surface area contributed by atoms with Gasteiger partial charge in [-0.2, -0.15) is 13.2 Å². The number of nitrogens with zero attached hydrogens (tertiary/aromatic N) is 1. The van der Waals surface area contributed by atoms with Gasteiger partial charge in [0.05, 0.1) is 5.56 Å². The van der Waals surface area contributed by atoms with Crippen molar-refractivity contribution in [2.24, 2.45) is 0 Å².